The van der Waals surface area contributed by atoms with E-state index in [2.05, 4.69) is 36.1 Å². The van der Waals surface area contributed by atoms with Crippen molar-refractivity contribution < 1.29 is 4.74 Å². The van der Waals surface area contributed by atoms with Crippen LogP contribution in [0.25, 0.3) is 0 Å². The standard InChI is InChI=1S/C13H22N4O/c1-8(2)11-12(14)15-7-16-13(11)17-10-4-5-18-9(3)6-10/h7-10H,4-6H2,1-3H3,(H3,14,15,16,17). The van der Waals surface area contributed by atoms with Gasteiger partial charge in [-0.2, -0.15) is 0 Å². The van der Waals surface area contributed by atoms with E-state index in [0.29, 0.717) is 23.9 Å². The number of nitrogens with one attached hydrogen (secondary N) is 1. The van der Waals surface area contributed by atoms with Gasteiger partial charge in [0.25, 0.3) is 0 Å². The Morgan fingerprint density at radius 1 is 1.44 bits per heavy atom. The second-order valence-corrected chi connectivity index (χ2v) is 5.22. The van der Waals surface area contributed by atoms with Gasteiger partial charge in [0.05, 0.1) is 6.10 Å². The minimum atomic E-state index is 0.304. The summed E-state index contributed by atoms with van der Waals surface area (Å²) >= 11 is 0. The Labute approximate surface area is 108 Å². The first kappa shape index (κ1) is 13.1. The van der Waals surface area contributed by atoms with Crippen molar-refractivity contribution >= 4 is 11.6 Å². The van der Waals surface area contributed by atoms with Crippen molar-refractivity contribution in [1.82, 2.24) is 9.97 Å². The molecular formula is C13H22N4O. The van der Waals surface area contributed by atoms with Crippen LogP contribution in [0.5, 0.6) is 0 Å². The quantitative estimate of drug-likeness (QED) is 0.860. The van der Waals surface area contributed by atoms with Gasteiger partial charge in [0.15, 0.2) is 0 Å². The summed E-state index contributed by atoms with van der Waals surface area (Å²) in [4.78, 5) is 8.41. The molecule has 100 valence electrons. The number of hydrogen-bond donors (Lipinski definition) is 2. The first-order valence-electron chi connectivity index (χ1n) is 6.56. The summed E-state index contributed by atoms with van der Waals surface area (Å²) in [6, 6.07) is 0.403. The van der Waals surface area contributed by atoms with Gasteiger partial charge < -0.3 is 15.8 Å². The molecule has 0 spiro atoms. The lowest BCUT2D eigenvalue weighted by Gasteiger charge is -2.29. The maximum atomic E-state index is 5.94. The Hall–Kier alpha value is -1.36. The average molecular weight is 250 g/mol. The monoisotopic (exact) mass is 250 g/mol. The van der Waals surface area contributed by atoms with Gasteiger partial charge in [-0.1, -0.05) is 13.8 Å². The number of aromatic nitrogens is 2. The summed E-state index contributed by atoms with van der Waals surface area (Å²) in [6.07, 6.45) is 3.83. The fourth-order valence-corrected chi connectivity index (χ4v) is 2.42. The van der Waals surface area contributed by atoms with E-state index in [4.69, 9.17) is 10.5 Å². The molecule has 0 amide bonds. The number of nitrogens with two attached hydrogens (primary N) is 1. The summed E-state index contributed by atoms with van der Waals surface area (Å²) < 4.78 is 5.55. The number of nitrogens with zero attached hydrogens (tertiary/aromatic N) is 2. The third-order valence-corrected chi connectivity index (χ3v) is 3.32. The Bertz CT molecular complexity index is 408. The summed E-state index contributed by atoms with van der Waals surface area (Å²) in [6.45, 7) is 7.11. The first-order valence-corrected chi connectivity index (χ1v) is 6.56. The molecule has 0 aromatic carbocycles. The minimum Gasteiger partial charge on any atom is -0.383 e. The number of anilines is 2. The fraction of sp³-hybridized carbons (Fsp3) is 0.692. The second kappa shape index (κ2) is 5.52. The highest BCUT2D eigenvalue weighted by atomic mass is 16.5. The van der Waals surface area contributed by atoms with Gasteiger partial charge >= 0.3 is 0 Å². The lowest BCUT2D eigenvalue weighted by molar-refractivity contribution is 0.0231. The van der Waals surface area contributed by atoms with Crippen LogP contribution in [0.15, 0.2) is 6.33 Å². The van der Waals surface area contributed by atoms with Crippen LogP contribution >= 0.6 is 0 Å². The van der Waals surface area contributed by atoms with E-state index in [9.17, 15) is 0 Å². The molecule has 18 heavy (non-hydrogen) atoms. The number of ether oxygens (including phenoxy) is 1. The van der Waals surface area contributed by atoms with Crippen molar-refractivity contribution in [2.45, 2.75) is 51.7 Å². The molecule has 0 saturated carbocycles. The molecule has 2 atom stereocenters. The van der Waals surface area contributed by atoms with Crippen LogP contribution in [0.4, 0.5) is 11.6 Å². The topological polar surface area (TPSA) is 73.1 Å². The van der Waals surface area contributed by atoms with Gasteiger partial charge in [-0.25, -0.2) is 9.97 Å². The number of nitrogen functional groups attached to an aromatic ring is 1. The summed E-state index contributed by atoms with van der Waals surface area (Å²) in [5.41, 5.74) is 6.95. The van der Waals surface area contributed by atoms with Crippen molar-refractivity contribution in [3.63, 3.8) is 0 Å². The van der Waals surface area contributed by atoms with Crippen LogP contribution in [0.2, 0.25) is 0 Å². The van der Waals surface area contributed by atoms with Crippen molar-refractivity contribution in [3.05, 3.63) is 11.9 Å². The van der Waals surface area contributed by atoms with Crippen LogP contribution in [-0.2, 0) is 4.74 Å². The molecular weight excluding hydrogens is 228 g/mol. The zero-order valence-electron chi connectivity index (χ0n) is 11.3. The minimum absolute atomic E-state index is 0.304. The van der Waals surface area contributed by atoms with Crippen LogP contribution in [0.3, 0.4) is 0 Å². The third kappa shape index (κ3) is 2.90. The van der Waals surface area contributed by atoms with Crippen LogP contribution < -0.4 is 11.1 Å². The largest absolute Gasteiger partial charge is 0.383 e. The molecule has 2 rings (SSSR count). The van der Waals surface area contributed by atoms with Gasteiger partial charge in [0, 0.05) is 18.2 Å². The van der Waals surface area contributed by atoms with Gasteiger partial charge in [-0.3, -0.25) is 0 Å². The molecule has 1 aromatic rings. The normalized spacial score (nSPS) is 24.2. The molecule has 1 saturated heterocycles. The molecule has 1 aromatic heterocycles. The Morgan fingerprint density at radius 2 is 2.22 bits per heavy atom. The summed E-state index contributed by atoms with van der Waals surface area (Å²) in [5.74, 6) is 1.75. The van der Waals surface area contributed by atoms with Gasteiger partial charge in [0.1, 0.15) is 18.0 Å². The predicted molar refractivity (Wildman–Crippen MR) is 72.6 cm³/mol. The number of hydrogen-bond acceptors (Lipinski definition) is 5. The zero-order chi connectivity index (χ0) is 13.1. The van der Waals surface area contributed by atoms with E-state index < -0.39 is 0 Å². The lowest BCUT2D eigenvalue weighted by Crippen LogP contribution is -2.33. The van der Waals surface area contributed by atoms with Crippen LogP contribution in [0.1, 0.15) is 45.1 Å². The van der Waals surface area contributed by atoms with Crippen molar-refractivity contribution in [2.75, 3.05) is 17.7 Å². The molecule has 0 bridgehead atoms. The second-order valence-electron chi connectivity index (χ2n) is 5.22. The molecule has 1 aliphatic heterocycles. The Kier molecular flexibility index (Phi) is 4.01. The highest BCUT2D eigenvalue weighted by Crippen LogP contribution is 2.28. The molecule has 5 heteroatoms. The van der Waals surface area contributed by atoms with E-state index in [0.717, 1.165) is 30.8 Å². The van der Waals surface area contributed by atoms with Gasteiger partial charge in [0.2, 0.25) is 0 Å². The zero-order valence-corrected chi connectivity index (χ0v) is 11.3. The molecule has 2 heterocycles. The van der Waals surface area contributed by atoms with Gasteiger partial charge in [-0.15, -0.1) is 0 Å². The lowest BCUT2D eigenvalue weighted by atomic mass is 10.0. The molecule has 5 nitrogen and oxygen atoms in total. The van der Waals surface area contributed by atoms with Crippen molar-refractivity contribution in [3.8, 4) is 0 Å². The molecule has 2 unspecified atom stereocenters. The molecule has 1 fully saturated rings. The third-order valence-electron chi connectivity index (χ3n) is 3.32. The SMILES string of the molecule is CC1CC(Nc2ncnc(N)c2C(C)C)CCO1. The van der Waals surface area contributed by atoms with Crippen LogP contribution in [-0.4, -0.2) is 28.7 Å². The highest BCUT2D eigenvalue weighted by Gasteiger charge is 2.21. The van der Waals surface area contributed by atoms with Crippen molar-refractivity contribution in [1.29, 1.82) is 0 Å². The van der Waals surface area contributed by atoms with E-state index in [1.165, 1.54) is 6.33 Å². The van der Waals surface area contributed by atoms with E-state index in [-0.39, 0.29) is 0 Å². The Balaban J connectivity index is 2.15. The van der Waals surface area contributed by atoms with Crippen molar-refractivity contribution in [2.24, 2.45) is 0 Å². The molecule has 0 aliphatic carbocycles. The number of rotatable bonds is 3. The smallest absolute Gasteiger partial charge is 0.135 e. The maximum absolute atomic E-state index is 5.94. The average Bonchev–Trinajstić information content (AvgIpc) is 2.28. The van der Waals surface area contributed by atoms with Gasteiger partial charge in [-0.05, 0) is 25.7 Å². The maximum Gasteiger partial charge on any atom is 0.135 e. The predicted octanol–water partition coefficient (Wildman–Crippen LogP) is 2.16. The molecule has 1 aliphatic rings. The van der Waals surface area contributed by atoms with E-state index in [1.54, 1.807) is 0 Å². The van der Waals surface area contributed by atoms with E-state index >= 15 is 0 Å². The summed E-state index contributed by atoms with van der Waals surface area (Å²) in [7, 11) is 0. The highest BCUT2D eigenvalue weighted by molar-refractivity contribution is 5.57. The fourth-order valence-electron chi connectivity index (χ4n) is 2.42. The molecule has 3 N–H and O–H groups in total. The Morgan fingerprint density at radius 3 is 2.89 bits per heavy atom. The van der Waals surface area contributed by atoms with E-state index in [1.807, 2.05) is 0 Å². The van der Waals surface area contributed by atoms with Crippen LogP contribution in [0, 0.1) is 0 Å². The summed E-state index contributed by atoms with van der Waals surface area (Å²) in [5, 5.41) is 3.49. The molecule has 0 radical (unpaired) electrons. The first-order chi connectivity index (χ1) is 8.58.